The number of piperidine rings is 3. The van der Waals surface area contributed by atoms with Crippen LogP contribution in [0.3, 0.4) is 0 Å². The van der Waals surface area contributed by atoms with Gasteiger partial charge in [-0.25, -0.2) is 0 Å². The van der Waals surface area contributed by atoms with E-state index in [1.54, 1.807) is 7.11 Å². The molecular weight excluding hydrogens is 544 g/mol. The number of aromatic nitrogens is 1. The first-order valence-electron chi connectivity index (χ1n) is 11.4. The van der Waals surface area contributed by atoms with E-state index < -0.39 is 6.10 Å². The Kier molecular flexibility index (Phi) is 7.29. The molecule has 0 radical (unpaired) electrons. The minimum Gasteiger partial charge on any atom is -1.00 e. The topological polar surface area (TPSA) is 42.4 Å². The fourth-order valence-corrected chi connectivity index (χ4v) is 6.47. The van der Waals surface area contributed by atoms with Crippen molar-refractivity contribution in [2.24, 2.45) is 11.8 Å². The molecule has 6 heteroatoms. The van der Waals surface area contributed by atoms with Crippen LogP contribution in [-0.2, 0) is 6.54 Å². The van der Waals surface area contributed by atoms with E-state index in [0.29, 0.717) is 11.8 Å². The maximum absolute atomic E-state index is 11.8. The van der Waals surface area contributed by atoms with E-state index in [0.717, 1.165) is 57.2 Å². The van der Waals surface area contributed by atoms with E-state index in [1.807, 2.05) is 36.5 Å². The lowest BCUT2D eigenvalue weighted by Crippen LogP contribution is -3.00. The first kappa shape index (κ1) is 24.4. The monoisotopic (exact) mass is 572 g/mol. The maximum atomic E-state index is 11.8. The zero-order chi connectivity index (χ0) is 22.3. The highest BCUT2D eigenvalue weighted by molar-refractivity contribution is 9.10. The Morgan fingerprint density at radius 2 is 2.09 bits per heavy atom. The molecule has 0 spiro atoms. The third-order valence-electron chi connectivity index (χ3n) is 7.78. The van der Waals surface area contributed by atoms with Crippen molar-refractivity contribution in [1.29, 1.82) is 0 Å². The van der Waals surface area contributed by atoms with Gasteiger partial charge >= 0.3 is 0 Å². The van der Waals surface area contributed by atoms with Crippen molar-refractivity contribution in [3.8, 4) is 5.75 Å². The first-order chi connectivity index (χ1) is 15.5. The van der Waals surface area contributed by atoms with Crippen molar-refractivity contribution in [2.45, 2.75) is 31.5 Å². The Bertz CT molecular complexity index is 1150. The molecule has 3 aromatic rings. The van der Waals surface area contributed by atoms with Gasteiger partial charge in [0.1, 0.15) is 24.4 Å². The number of methoxy groups -OCH3 is 1. The van der Waals surface area contributed by atoms with Crippen molar-refractivity contribution < 1.29 is 31.3 Å². The summed E-state index contributed by atoms with van der Waals surface area (Å²) < 4.78 is 7.47. The minimum atomic E-state index is -0.541. The molecule has 3 unspecified atom stereocenters. The highest BCUT2D eigenvalue weighted by Gasteiger charge is 2.54. The van der Waals surface area contributed by atoms with Gasteiger partial charge in [-0.3, -0.25) is 4.98 Å². The van der Waals surface area contributed by atoms with Gasteiger partial charge in [-0.15, -0.1) is 6.58 Å². The average molecular weight is 574 g/mol. The van der Waals surface area contributed by atoms with Crippen molar-refractivity contribution in [3.05, 3.63) is 83.0 Å². The number of fused-ring (bicyclic) bond motifs is 4. The molecule has 0 saturated carbocycles. The minimum absolute atomic E-state index is 0. The Labute approximate surface area is 214 Å². The molecule has 3 aliphatic heterocycles. The molecule has 33 heavy (non-hydrogen) atoms. The largest absolute Gasteiger partial charge is 1.00 e. The summed E-state index contributed by atoms with van der Waals surface area (Å²) >= 11 is 3.76. The highest BCUT2D eigenvalue weighted by Crippen LogP contribution is 2.48. The Hall–Kier alpha value is -1.73. The van der Waals surface area contributed by atoms with Crippen LogP contribution in [0.4, 0.5) is 0 Å². The van der Waals surface area contributed by atoms with Crippen LogP contribution < -0.4 is 21.7 Å². The van der Waals surface area contributed by atoms with Crippen LogP contribution >= 0.6 is 15.9 Å². The summed E-state index contributed by atoms with van der Waals surface area (Å²) in [4.78, 5) is 4.51. The Morgan fingerprint density at radius 1 is 1.27 bits per heavy atom. The van der Waals surface area contributed by atoms with Gasteiger partial charge in [0.05, 0.1) is 25.7 Å². The van der Waals surface area contributed by atoms with Crippen LogP contribution in [0.1, 0.15) is 30.1 Å². The predicted octanol–water partition coefficient (Wildman–Crippen LogP) is 2.65. The SMILES string of the molecule is C=C[C@@H]1C[N+]2(Cc3cc(OC)ccc3Br)CCC1CC2[C@@H](O)c1ccnc2ccccc12.[Br-]. The molecule has 6 rings (SSSR count). The molecule has 0 aliphatic carbocycles. The summed E-state index contributed by atoms with van der Waals surface area (Å²) in [5.74, 6) is 1.95. The quantitative estimate of drug-likeness (QED) is 0.364. The fourth-order valence-electron chi connectivity index (χ4n) is 6.10. The van der Waals surface area contributed by atoms with Crippen molar-refractivity contribution in [1.82, 2.24) is 4.98 Å². The summed E-state index contributed by atoms with van der Waals surface area (Å²) in [6, 6.07) is 16.4. The third-order valence-corrected chi connectivity index (χ3v) is 8.55. The number of hydrogen-bond acceptors (Lipinski definition) is 3. The predicted molar refractivity (Wildman–Crippen MR) is 131 cm³/mol. The number of rotatable bonds is 6. The number of ether oxygens (including phenoxy) is 1. The molecule has 3 fully saturated rings. The average Bonchev–Trinajstić information content (AvgIpc) is 2.84. The highest BCUT2D eigenvalue weighted by atomic mass is 79.9. The van der Waals surface area contributed by atoms with Gasteiger partial charge in [0.25, 0.3) is 0 Å². The van der Waals surface area contributed by atoms with Crippen LogP contribution in [0.5, 0.6) is 5.75 Å². The van der Waals surface area contributed by atoms with Gasteiger partial charge in [-0.1, -0.05) is 40.2 Å². The van der Waals surface area contributed by atoms with E-state index >= 15 is 0 Å². The molecule has 2 bridgehead atoms. The molecule has 174 valence electrons. The molecule has 1 N–H and O–H groups in total. The van der Waals surface area contributed by atoms with Crippen molar-refractivity contribution in [2.75, 3.05) is 20.2 Å². The normalized spacial score (nSPS) is 27.1. The molecule has 2 aromatic carbocycles. The van der Waals surface area contributed by atoms with Gasteiger partial charge < -0.3 is 31.3 Å². The molecule has 1 aromatic heterocycles. The number of halogens is 2. The van der Waals surface area contributed by atoms with Crippen LogP contribution in [-0.4, -0.2) is 40.8 Å². The smallest absolute Gasteiger partial charge is 0.131 e. The standard InChI is InChI=1S/C27H30BrN2O2.BrH/c1-3-18-16-30(17-20-14-21(32-2)8-9-24(20)28)13-11-19(18)15-26(30)27(31)23-10-12-29-25-7-5-4-6-22(23)25;/h3-10,12,14,18-19,26-27,31H,1,11,13,15-17H2,2H3;1H/q+1;/p-1/t18-,19?,26?,27+,30?;/m1./s1. The molecular formula is C27H30Br2N2O2. The molecule has 4 nitrogen and oxygen atoms in total. The zero-order valence-electron chi connectivity index (χ0n) is 18.8. The molecule has 3 saturated heterocycles. The summed E-state index contributed by atoms with van der Waals surface area (Å²) in [5.41, 5.74) is 3.15. The van der Waals surface area contributed by atoms with Crippen LogP contribution in [0.25, 0.3) is 10.9 Å². The van der Waals surface area contributed by atoms with E-state index in [-0.39, 0.29) is 23.0 Å². The molecule has 4 heterocycles. The third kappa shape index (κ3) is 4.39. The van der Waals surface area contributed by atoms with Crippen molar-refractivity contribution in [3.63, 3.8) is 0 Å². The van der Waals surface area contributed by atoms with Gasteiger partial charge in [0.15, 0.2) is 0 Å². The number of aliphatic hydroxyl groups is 1. The number of benzene rings is 2. The number of hydrogen-bond donors (Lipinski definition) is 1. The maximum Gasteiger partial charge on any atom is 0.131 e. The van der Waals surface area contributed by atoms with E-state index in [9.17, 15) is 5.11 Å². The molecule has 3 aliphatic rings. The van der Waals surface area contributed by atoms with E-state index in [2.05, 4.69) is 51.8 Å². The molecule has 5 atom stereocenters. The fraction of sp³-hybridized carbons (Fsp3) is 0.370. The zero-order valence-corrected chi connectivity index (χ0v) is 22.0. The lowest BCUT2D eigenvalue weighted by molar-refractivity contribution is -0.985. The van der Waals surface area contributed by atoms with E-state index in [1.165, 1.54) is 12.0 Å². The van der Waals surface area contributed by atoms with Crippen LogP contribution in [0.2, 0.25) is 0 Å². The van der Waals surface area contributed by atoms with Gasteiger partial charge in [0.2, 0.25) is 0 Å². The first-order valence-corrected chi connectivity index (χ1v) is 12.2. The number of pyridine rings is 1. The Balaban J connectivity index is 0.00000259. The lowest BCUT2D eigenvalue weighted by Gasteiger charge is -2.58. The van der Waals surface area contributed by atoms with Gasteiger partial charge in [-0.05, 0) is 41.8 Å². The second-order valence-corrected chi connectivity index (χ2v) is 10.2. The van der Waals surface area contributed by atoms with Gasteiger partial charge in [-0.2, -0.15) is 0 Å². The summed E-state index contributed by atoms with van der Waals surface area (Å²) in [6.07, 6.45) is 5.62. The van der Waals surface area contributed by atoms with Crippen molar-refractivity contribution >= 4 is 26.8 Å². The summed E-state index contributed by atoms with van der Waals surface area (Å²) in [7, 11) is 1.71. The summed E-state index contributed by atoms with van der Waals surface area (Å²) in [6.45, 7) is 7.10. The van der Waals surface area contributed by atoms with E-state index in [4.69, 9.17) is 4.74 Å². The van der Waals surface area contributed by atoms with Gasteiger partial charge in [0, 0.05) is 40.4 Å². The summed E-state index contributed by atoms with van der Waals surface area (Å²) in [5, 5.41) is 12.9. The Morgan fingerprint density at radius 3 is 2.88 bits per heavy atom. The molecule has 0 amide bonds. The number of para-hydroxylation sites is 1. The number of aliphatic hydroxyl groups excluding tert-OH is 1. The number of quaternary nitrogens is 1. The second-order valence-electron chi connectivity index (χ2n) is 9.35. The number of nitrogens with zero attached hydrogens (tertiary/aromatic N) is 2. The lowest BCUT2D eigenvalue weighted by atomic mass is 9.71. The van der Waals surface area contributed by atoms with Crippen LogP contribution in [0, 0.1) is 11.8 Å². The second kappa shape index (κ2) is 9.87. The van der Waals surface area contributed by atoms with Crippen LogP contribution in [0.15, 0.2) is 71.9 Å².